The molecule has 2 N–H and O–H groups in total. The van der Waals surface area contributed by atoms with Crippen LogP contribution in [-0.2, 0) is 6.18 Å². The van der Waals surface area contributed by atoms with E-state index in [1.54, 1.807) is 0 Å². The number of halogens is 3. The molecule has 0 saturated heterocycles. The van der Waals surface area contributed by atoms with Gasteiger partial charge in [-0.1, -0.05) is 39.0 Å². The first kappa shape index (κ1) is 16.7. The summed E-state index contributed by atoms with van der Waals surface area (Å²) in [6, 6.07) is 4.38. The molecule has 0 fully saturated rings. The highest BCUT2D eigenvalue weighted by Gasteiger charge is 2.35. The topological polar surface area (TPSA) is 43.1 Å². The van der Waals surface area contributed by atoms with Crippen LogP contribution in [0.25, 0.3) is 0 Å². The van der Waals surface area contributed by atoms with Crippen LogP contribution in [0.15, 0.2) is 24.3 Å². The number of rotatable bonds is 4. The summed E-state index contributed by atoms with van der Waals surface area (Å²) in [6.45, 7) is 5.92. The summed E-state index contributed by atoms with van der Waals surface area (Å²) in [5, 5.41) is 0. The van der Waals surface area contributed by atoms with Crippen molar-refractivity contribution in [2.45, 2.75) is 45.8 Å². The lowest BCUT2D eigenvalue weighted by molar-refractivity contribution is -0.137. The summed E-state index contributed by atoms with van der Waals surface area (Å²) < 4.78 is 38.5. The molecule has 1 aromatic carbocycles. The molecule has 0 aliphatic carbocycles. The lowest BCUT2D eigenvalue weighted by Gasteiger charge is -2.23. The fraction of sp³-hybridized carbons (Fsp3) is 0.533. The largest absolute Gasteiger partial charge is 0.417 e. The molecule has 1 unspecified atom stereocenters. The first-order chi connectivity index (χ1) is 9.00. The normalized spacial score (nSPS) is 14.2. The van der Waals surface area contributed by atoms with Crippen LogP contribution >= 0.6 is 0 Å². The van der Waals surface area contributed by atoms with Crippen molar-refractivity contribution in [1.29, 1.82) is 0 Å². The maximum atomic E-state index is 12.8. The number of benzene rings is 1. The first-order valence-corrected chi connectivity index (χ1v) is 6.46. The molecular weight excluding hydrogens is 267 g/mol. The van der Waals surface area contributed by atoms with Gasteiger partial charge in [-0.25, -0.2) is 0 Å². The molecule has 0 bridgehead atoms. The third-order valence-electron chi connectivity index (χ3n) is 2.86. The lowest BCUT2D eigenvalue weighted by atomic mass is 9.86. The van der Waals surface area contributed by atoms with E-state index in [1.165, 1.54) is 18.2 Å². The van der Waals surface area contributed by atoms with Crippen molar-refractivity contribution in [2.24, 2.45) is 11.1 Å². The molecule has 0 aliphatic rings. The predicted molar refractivity (Wildman–Crippen MR) is 72.4 cm³/mol. The van der Waals surface area contributed by atoms with Crippen molar-refractivity contribution in [3.05, 3.63) is 35.4 Å². The molecule has 1 aromatic rings. The quantitative estimate of drug-likeness (QED) is 0.849. The molecule has 5 heteroatoms. The van der Waals surface area contributed by atoms with E-state index in [-0.39, 0.29) is 17.4 Å². The summed E-state index contributed by atoms with van der Waals surface area (Å²) in [5.41, 5.74) is 4.59. The summed E-state index contributed by atoms with van der Waals surface area (Å²) in [5.74, 6) is -0.560. The minimum Gasteiger partial charge on any atom is -0.327 e. The van der Waals surface area contributed by atoms with Gasteiger partial charge in [-0.15, -0.1) is 0 Å². The highest BCUT2D eigenvalue weighted by molar-refractivity contribution is 5.98. The lowest BCUT2D eigenvalue weighted by Crippen LogP contribution is -2.29. The summed E-state index contributed by atoms with van der Waals surface area (Å²) in [4.78, 5) is 12.0. The average Bonchev–Trinajstić information content (AvgIpc) is 2.25. The van der Waals surface area contributed by atoms with Gasteiger partial charge in [0.05, 0.1) is 5.56 Å². The molecule has 1 rings (SSSR count). The molecule has 2 nitrogen and oxygen atoms in total. The zero-order chi connectivity index (χ0) is 15.6. The standard InChI is InChI=1S/C15H20F3NO/c1-14(2,3)9-10(19)8-13(20)11-6-4-5-7-12(11)15(16,17)18/h4-7,10H,8-9,19H2,1-3H3. The van der Waals surface area contributed by atoms with E-state index in [0.29, 0.717) is 6.42 Å². The Balaban J connectivity index is 2.89. The van der Waals surface area contributed by atoms with Crippen LogP contribution in [0.4, 0.5) is 13.2 Å². The fourth-order valence-corrected chi connectivity index (χ4v) is 2.18. The van der Waals surface area contributed by atoms with Gasteiger partial charge in [0.25, 0.3) is 0 Å². The van der Waals surface area contributed by atoms with E-state index in [0.717, 1.165) is 6.07 Å². The first-order valence-electron chi connectivity index (χ1n) is 6.46. The molecule has 0 amide bonds. The Morgan fingerprint density at radius 1 is 1.20 bits per heavy atom. The van der Waals surface area contributed by atoms with Crippen molar-refractivity contribution in [3.8, 4) is 0 Å². The Morgan fingerprint density at radius 2 is 1.75 bits per heavy atom. The van der Waals surface area contributed by atoms with Gasteiger partial charge < -0.3 is 5.73 Å². The fourth-order valence-electron chi connectivity index (χ4n) is 2.18. The van der Waals surface area contributed by atoms with Gasteiger partial charge >= 0.3 is 6.18 Å². The maximum Gasteiger partial charge on any atom is 0.417 e. The van der Waals surface area contributed by atoms with E-state index in [4.69, 9.17) is 5.73 Å². The second-order valence-corrected chi connectivity index (χ2v) is 6.20. The Kier molecular flexibility index (Phi) is 4.97. The van der Waals surface area contributed by atoms with Crippen LogP contribution in [0, 0.1) is 5.41 Å². The molecule has 112 valence electrons. The number of nitrogens with two attached hydrogens (primary N) is 1. The van der Waals surface area contributed by atoms with E-state index in [2.05, 4.69) is 0 Å². The highest BCUT2D eigenvalue weighted by Crippen LogP contribution is 2.32. The Hall–Kier alpha value is -1.36. The van der Waals surface area contributed by atoms with E-state index >= 15 is 0 Å². The minimum absolute atomic E-state index is 0.0662. The third-order valence-corrected chi connectivity index (χ3v) is 2.86. The van der Waals surface area contributed by atoms with Crippen molar-refractivity contribution in [3.63, 3.8) is 0 Å². The zero-order valence-corrected chi connectivity index (χ0v) is 11.9. The van der Waals surface area contributed by atoms with Crippen LogP contribution in [-0.4, -0.2) is 11.8 Å². The number of carbonyl (C=O) groups excluding carboxylic acids is 1. The zero-order valence-electron chi connectivity index (χ0n) is 11.9. The summed E-state index contributed by atoms with van der Waals surface area (Å²) in [7, 11) is 0. The monoisotopic (exact) mass is 287 g/mol. The van der Waals surface area contributed by atoms with E-state index in [9.17, 15) is 18.0 Å². The molecule has 0 saturated carbocycles. The highest BCUT2D eigenvalue weighted by atomic mass is 19.4. The SMILES string of the molecule is CC(C)(C)CC(N)CC(=O)c1ccccc1C(F)(F)F. The van der Waals surface area contributed by atoms with Gasteiger partial charge in [0, 0.05) is 18.0 Å². The smallest absolute Gasteiger partial charge is 0.327 e. The Labute approximate surface area is 117 Å². The summed E-state index contributed by atoms with van der Waals surface area (Å²) >= 11 is 0. The number of Topliss-reactive ketones (excluding diaryl/α,β-unsaturated/α-hetero) is 1. The molecule has 0 aromatic heterocycles. The second kappa shape index (κ2) is 5.95. The molecule has 20 heavy (non-hydrogen) atoms. The predicted octanol–water partition coefficient (Wildman–Crippen LogP) is 4.04. The van der Waals surface area contributed by atoms with Crippen molar-refractivity contribution < 1.29 is 18.0 Å². The van der Waals surface area contributed by atoms with Crippen LogP contribution in [0.5, 0.6) is 0 Å². The van der Waals surface area contributed by atoms with Crippen LogP contribution < -0.4 is 5.73 Å². The van der Waals surface area contributed by atoms with Gasteiger partial charge in [-0.05, 0) is 17.9 Å². The number of carbonyl (C=O) groups is 1. The third kappa shape index (κ3) is 4.96. The number of ketones is 1. The van der Waals surface area contributed by atoms with Gasteiger partial charge in [0.15, 0.2) is 5.78 Å². The Morgan fingerprint density at radius 3 is 2.25 bits per heavy atom. The van der Waals surface area contributed by atoms with E-state index < -0.39 is 23.6 Å². The number of hydrogen-bond acceptors (Lipinski definition) is 2. The van der Waals surface area contributed by atoms with Crippen LogP contribution in [0.2, 0.25) is 0 Å². The van der Waals surface area contributed by atoms with Crippen molar-refractivity contribution in [1.82, 2.24) is 0 Å². The number of alkyl halides is 3. The molecule has 0 heterocycles. The Bertz CT molecular complexity index is 475. The average molecular weight is 287 g/mol. The van der Waals surface area contributed by atoms with Gasteiger partial charge in [0.2, 0.25) is 0 Å². The van der Waals surface area contributed by atoms with Gasteiger partial charge in [-0.3, -0.25) is 4.79 Å². The summed E-state index contributed by atoms with van der Waals surface area (Å²) in [6.07, 6.45) is -4.03. The van der Waals surface area contributed by atoms with Gasteiger partial charge in [-0.2, -0.15) is 13.2 Å². The van der Waals surface area contributed by atoms with E-state index in [1.807, 2.05) is 20.8 Å². The molecule has 0 spiro atoms. The van der Waals surface area contributed by atoms with Gasteiger partial charge in [0.1, 0.15) is 0 Å². The maximum absolute atomic E-state index is 12.8. The molecule has 0 radical (unpaired) electrons. The van der Waals surface area contributed by atoms with Crippen LogP contribution in [0.1, 0.15) is 49.5 Å². The number of hydrogen-bond donors (Lipinski definition) is 1. The van der Waals surface area contributed by atoms with Crippen molar-refractivity contribution in [2.75, 3.05) is 0 Å². The van der Waals surface area contributed by atoms with Crippen LogP contribution in [0.3, 0.4) is 0 Å². The minimum atomic E-state index is -4.53. The molecule has 1 atom stereocenters. The van der Waals surface area contributed by atoms with Crippen molar-refractivity contribution >= 4 is 5.78 Å². The molecule has 0 aliphatic heterocycles. The second-order valence-electron chi connectivity index (χ2n) is 6.20. The molecular formula is C15H20F3NO.